The van der Waals surface area contributed by atoms with Gasteiger partial charge in [-0.1, -0.05) is 26.2 Å². The molecule has 0 heterocycles. The number of rotatable bonds is 3. The van der Waals surface area contributed by atoms with E-state index in [1.54, 1.807) is 0 Å². The van der Waals surface area contributed by atoms with Crippen molar-refractivity contribution in [1.82, 2.24) is 0 Å². The van der Waals surface area contributed by atoms with Gasteiger partial charge in [-0.2, -0.15) is 0 Å². The molecule has 1 aromatic rings. The highest BCUT2D eigenvalue weighted by molar-refractivity contribution is 6.21. The van der Waals surface area contributed by atoms with Gasteiger partial charge < -0.3 is 4.74 Å². The van der Waals surface area contributed by atoms with Crippen LogP contribution in [-0.2, 0) is 0 Å². The fraction of sp³-hybridized carbons (Fsp3) is 0.600. The highest BCUT2D eigenvalue weighted by Gasteiger charge is 2.38. The van der Waals surface area contributed by atoms with Crippen LogP contribution in [0.3, 0.4) is 0 Å². The zero-order valence-corrected chi connectivity index (χ0v) is 12.1. The first-order valence-corrected chi connectivity index (χ1v) is 7.08. The number of benzene rings is 1. The third kappa shape index (κ3) is 2.86. The molecule has 0 aliphatic heterocycles. The fourth-order valence-corrected chi connectivity index (χ4v) is 3.31. The summed E-state index contributed by atoms with van der Waals surface area (Å²) in [6.45, 7) is 2.02. The summed E-state index contributed by atoms with van der Waals surface area (Å²) in [6, 6.07) is 2.39. The van der Waals surface area contributed by atoms with E-state index in [0.29, 0.717) is 0 Å². The van der Waals surface area contributed by atoms with E-state index < -0.39 is 17.0 Å². The van der Waals surface area contributed by atoms with Crippen LogP contribution in [0.25, 0.3) is 0 Å². The van der Waals surface area contributed by atoms with E-state index in [2.05, 4.69) is 0 Å². The van der Waals surface area contributed by atoms with Crippen molar-refractivity contribution >= 4 is 11.6 Å². The maximum absolute atomic E-state index is 14.1. The van der Waals surface area contributed by atoms with E-state index >= 15 is 0 Å². The molecule has 0 bridgehead atoms. The molecule has 0 N–H and O–H groups in total. The van der Waals surface area contributed by atoms with Crippen molar-refractivity contribution in [2.24, 2.45) is 5.41 Å². The normalized spacial score (nSPS) is 20.1. The van der Waals surface area contributed by atoms with E-state index in [-0.39, 0.29) is 16.7 Å². The Morgan fingerprint density at radius 2 is 1.68 bits per heavy atom. The molecule has 0 amide bonds. The summed E-state index contributed by atoms with van der Waals surface area (Å²) >= 11 is 6.41. The molecule has 4 heteroatoms. The summed E-state index contributed by atoms with van der Waals surface area (Å²) < 4.78 is 33.0. The van der Waals surface area contributed by atoms with Gasteiger partial charge in [-0.05, 0) is 18.3 Å². The van der Waals surface area contributed by atoms with E-state index in [9.17, 15) is 8.78 Å². The molecule has 2 rings (SSSR count). The minimum atomic E-state index is -0.640. The maximum Gasteiger partial charge on any atom is 0.134 e. The highest BCUT2D eigenvalue weighted by atomic mass is 35.5. The molecule has 1 aliphatic rings. The largest absolute Gasteiger partial charge is 0.497 e. The van der Waals surface area contributed by atoms with Gasteiger partial charge in [0.15, 0.2) is 0 Å². The Bertz CT molecular complexity index is 432. The second-order valence-electron chi connectivity index (χ2n) is 5.58. The van der Waals surface area contributed by atoms with Crippen LogP contribution in [0.5, 0.6) is 5.75 Å². The van der Waals surface area contributed by atoms with Crippen LogP contribution in [0.4, 0.5) is 8.78 Å². The van der Waals surface area contributed by atoms with Gasteiger partial charge in [0.1, 0.15) is 17.4 Å². The van der Waals surface area contributed by atoms with Crippen LogP contribution in [0, 0.1) is 17.0 Å². The molecule has 1 aliphatic carbocycles. The molecule has 0 radical (unpaired) electrons. The monoisotopic (exact) mass is 288 g/mol. The molecule has 1 nitrogen and oxygen atoms in total. The van der Waals surface area contributed by atoms with Gasteiger partial charge in [-0.25, -0.2) is 8.78 Å². The second kappa shape index (κ2) is 5.66. The molecule has 106 valence electrons. The smallest absolute Gasteiger partial charge is 0.134 e. The minimum Gasteiger partial charge on any atom is -0.497 e. The molecule has 1 unspecified atom stereocenters. The fourth-order valence-electron chi connectivity index (χ4n) is 2.88. The van der Waals surface area contributed by atoms with Crippen LogP contribution in [0.1, 0.15) is 50.0 Å². The molecule has 0 spiro atoms. The average molecular weight is 289 g/mol. The Balaban J connectivity index is 2.35. The van der Waals surface area contributed by atoms with Crippen molar-refractivity contribution in [3.8, 4) is 5.75 Å². The van der Waals surface area contributed by atoms with E-state index in [1.165, 1.54) is 25.7 Å². The summed E-state index contributed by atoms with van der Waals surface area (Å²) in [6.07, 6.45) is 5.13. The second-order valence-corrected chi connectivity index (χ2v) is 6.02. The first kappa shape index (κ1) is 14.6. The van der Waals surface area contributed by atoms with E-state index in [4.69, 9.17) is 16.3 Å². The Hall–Kier alpha value is -0.830. The lowest BCUT2D eigenvalue weighted by atomic mass is 9.71. The van der Waals surface area contributed by atoms with Crippen molar-refractivity contribution < 1.29 is 13.5 Å². The predicted octanol–water partition coefficient (Wildman–Crippen LogP) is 5.22. The van der Waals surface area contributed by atoms with Gasteiger partial charge in [0.2, 0.25) is 0 Å². The first-order chi connectivity index (χ1) is 8.98. The Morgan fingerprint density at radius 1 is 1.16 bits per heavy atom. The number of ether oxygens (including phenoxy) is 1. The van der Waals surface area contributed by atoms with Gasteiger partial charge in [-0.15, -0.1) is 11.6 Å². The van der Waals surface area contributed by atoms with Crippen LogP contribution in [0.2, 0.25) is 0 Å². The number of hydrogen-bond donors (Lipinski definition) is 0. The lowest BCUT2D eigenvalue weighted by Gasteiger charge is -2.38. The lowest BCUT2D eigenvalue weighted by Crippen LogP contribution is -2.26. The van der Waals surface area contributed by atoms with Crippen LogP contribution in [-0.4, -0.2) is 7.11 Å². The number of alkyl halides is 1. The predicted molar refractivity (Wildman–Crippen MR) is 72.7 cm³/mol. The molecule has 1 atom stereocenters. The summed E-state index contributed by atoms with van der Waals surface area (Å²) in [4.78, 5) is 0. The Labute approximate surface area is 117 Å². The maximum atomic E-state index is 14.1. The van der Waals surface area contributed by atoms with Gasteiger partial charge in [0.05, 0.1) is 12.5 Å². The van der Waals surface area contributed by atoms with Crippen LogP contribution in [0.15, 0.2) is 12.1 Å². The topological polar surface area (TPSA) is 9.23 Å². The van der Waals surface area contributed by atoms with E-state index in [0.717, 1.165) is 25.7 Å². The summed E-state index contributed by atoms with van der Waals surface area (Å²) in [5.41, 5.74) is -0.261. The summed E-state index contributed by atoms with van der Waals surface area (Å²) in [7, 11) is 1.38. The van der Waals surface area contributed by atoms with Gasteiger partial charge in [0.25, 0.3) is 0 Å². The van der Waals surface area contributed by atoms with Crippen LogP contribution < -0.4 is 4.74 Å². The number of hydrogen-bond acceptors (Lipinski definition) is 1. The zero-order chi connectivity index (χ0) is 14.0. The minimum absolute atomic E-state index is 0.0214. The number of methoxy groups -OCH3 is 1. The molecule has 1 aromatic carbocycles. The van der Waals surface area contributed by atoms with E-state index in [1.807, 2.05) is 6.92 Å². The molecule has 19 heavy (non-hydrogen) atoms. The average Bonchev–Trinajstić information content (AvgIpc) is 2.38. The SMILES string of the molecule is COc1cc(F)c(C(Cl)C2(C)CCCCC2)c(F)c1. The molecule has 1 saturated carbocycles. The van der Waals surface area contributed by atoms with Crippen molar-refractivity contribution in [1.29, 1.82) is 0 Å². The third-order valence-corrected chi connectivity index (χ3v) is 4.89. The Morgan fingerprint density at radius 3 is 2.16 bits per heavy atom. The standard InChI is InChI=1S/C15H19ClF2O/c1-15(6-4-3-5-7-15)14(16)13-11(17)8-10(19-2)9-12(13)18/h8-9,14H,3-7H2,1-2H3. The lowest BCUT2D eigenvalue weighted by molar-refractivity contribution is 0.201. The molecular formula is C15H19ClF2O. The van der Waals surface area contributed by atoms with Crippen LogP contribution >= 0.6 is 11.6 Å². The quantitative estimate of drug-likeness (QED) is 0.693. The molecule has 0 saturated heterocycles. The van der Waals surface area contributed by atoms with Gasteiger partial charge >= 0.3 is 0 Å². The number of halogens is 3. The summed E-state index contributed by atoms with van der Waals surface area (Å²) in [5.74, 6) is -1.07. The molecule has 1 fully saturated rings. The van der Waals surface area contributed by atoms with Crippen molar-refractivity contribution in [2.75, 3.05) is 7.11 Å². The summed E-state index contributed by atoms with van der Waals surface area (Å²) in [5, 5.41) is -0.640. The van der Waals surface area contributed by atoms with Crippen molar-refractivity contribution in [3.05, 3.63) is 29.3 Å². The zero-order valence-electron chi connectivity index (χ0n) is 11.3. The Kier molecular flexibility index (Phi) is 4.34. The highest BCUT2D eigenvalue weighted by Crippen LogP contribution is 2.50. The third-order valence-electron chi connectivity index (χ3n) is 4.15. The first-order valence-electron chi connectivity index (χ1n) is 6.65. The van der Waals surface area contributed by atoms with Gasteiger partial charge in [-0.3, -0.25) is 0 Å². The molecule has 0 aromatic heterocycles. The van der Waals surface area contributed by atoms with Crippen molar-refractivity contribution in [2.45, 2.75) is 44.4 Å². The molecular weight excluding hydrogens is 270 g/mol. The van der Waals surface area contributed by atoms with Gasteiger partial charge in [0, 0.05) is 17.7 Å². The van der Waals surface area contributed by atoms with Crippen molar-refractivity contribution in [3.63, 3.8) is 0 Å².